The lowest BCUT2D eigenvalue weighted by Crippen LogP contribution is -2.25. The maximum Gasteiger partial charge on any atom is 0.138 e. The van der Waals surface area contributed by atoms with Gasteiger partial charge in [-0.05, 0) is 38.6 Å². The number of nitrogens with one attached hydrogen (secondary N) is 1. The summed E-state index contributed by atoms with van der Waals surface area (Å²) in [7, 11) is 1.88. The molecule has 0 saturated heterocycles. The first-order valence-corrected chi connectivity index (χ1v) is 5.70. The fourth-order valence-corrected chi connectivity index (χ4v) is 1.50. The van der Waals surface area contributed by atoms with Gasteiger partial charge in [0, 0.05) is 6.54 Å². The fraction of sp³-hybridized carbons (Fsp3) is 0.500. The molecule has 2 N–H and O–H groups in total. The van der Waals surface area contributed by atoms with Crippen LogP contribution in [0.2, 0.25) is 5.02 Å². The second kappa shape index (κ2) is 6.09. The summed E-state index contributed by atoms with van der Waals surface area (Å²) in [6.45, 7) is 4.27. The van der Waals surface area contributed by atoms with Crippen LogP contribution in [-0.4, -0.2) is 24.4 Å². The zero-order valence-electron chi connectivity index (χ0n) is 9.83. The van der Waals surface area contributed by atoms with Gasteiger partial charge in [0.2, 0.25) is 0 Å². The van der Waals surface area contributed by atoms with Crippen molar-refractivity contribution in [1.29, 1.82) is 0 Å². The summed E-state index contributed by atoms with van der Waals surface area (Å²) >= 11 is 6.08. The predicted molar refractivity (Wildman–Crippen MR) is 66.0 cm³/mol. The van der Waals surface area contributed by atoms with Crippen molar-refractivity contribution in [2.24, 2.45) is 0 Å². The molecule has 16 heavy (non-hydrogen) atoms. The summed E-state index contributed by atoms with van der Waals surface area (Å²) in [5.74, 6) is 0.606. The van der Waals surface area contributed by atoms with Gasteiger partial charge in [-0.25, -0.2) is 0 Å². The Labute approximate surface area is 101 Å². The molecule has 0 amide bonds. The molecule has 1 rings (SSSR count). The summed E-state index contributed by atoms with van der Waals surface area (Å²) in [5.41, 5.74) is 1.10. The normalized spacial score (nSPS) is 14.6. The first-order valence-electron chi connectivity index (χ1n) is 5.32. The molecule has 4 heteroatoms. The van der Waals surface area contributed by atoms with E-state index >= 15 is 0 Å². The van der Waals surface area contributed by atoms with Crippen molar-refractivity contribution >= 4 is 11.6 Å². The van der Waals surface area contributed by atoms with Crippen LogP contribution in [0, 0.1) is 0 Å². The van der Waals surface area contributed by atoms with Crippen molar-refractivity contribution < 1.29 is 9.84 Å². The van der Waals surface area contributed by atoms with Gasteiger partial charge in [-0.3, -0.25) is 0 Å². The largest absolute Gasteiger partial charge is 0.486 e. The van der Waals surface area contributed by atoms with E-state index in [2.05, 4.69) is 5.32 Å². The summed E-state index contributed by atoms with van der Waals surface area (Å²) in [4.78, 5) is 0. The molecule has 1 aromatic rings. The summed E-state index contributed by atoms with van der Waals surface area (Å²) < 4.78 is 5.54. The van der Waals surface area contributed by atoms with Crippen LogP contribution in [0.25, 0.3) is 0 Å². The SMILES string of the molecule is CNCc1ccc(OC(C)C(C)O)c(Cl)c1. The third-order valence-electron chi connectivity index (χ3n) is 2.37. The number of aliphatic hydroxyl groups excluding tert-OH is 1. The van der Waals surface area contributed by atoms with Crippen LogP contribution in [0.5, 0.6) is 5.75 Å². The third kappa shape index (κ3) is 3.67. The van der Waals surface area contributed by atoms with E-state index in [1.54, 1.807) is 6.92 Å². The smallest absolute Gasteiger partial charge is 0.138 e. The Hall–Kier alpha value is -0.770. The van der Waals surface area contributed by atoms with E-state index in [9.17, 15) is 5.11 Å². The molecule has 0 saturated carbocycles. The van der Waals surface area contributed by atoms with Gasteiger partial charge in [-0.15, -0.1) is 0 Å². The molecule has 0 aromatic heterocycles. The molecule has 0 spiro atoms. The van der Waals surface area contributed by atoms with Crippen LogP contribution in [0.15, 0.2) is 18.2 Å². The molecule has 0 aliphatic carbocycles. The van der Waals surface area contributed by atoms with Gasteiger partial charge in [0.1, 0.15) is 11.9 Å². The molecule has 3 nitrogen and oxygen atoms in total. The number of benzene rings is 1. The Bertz CT molecular complexity index is 342. The molecule has 0 radical (unpaired) electrons. The maximum absolute atomic E-state index is 9.33. The number of hydrogen-bond donors (Lipinski definition) is 2. The lowest BCUT2D eigenvalue weighted by molar-refractivity contribution is 0.0605. The van der Waals surface area contributed by atoms with Crippen molar-refractivity contribution in [2.75, 3.05) is 7.05 Å². The molecule has 1 aromatic carbocycles. The molecule has 2 atom stereocenters. The van der Waals surface area contributed by atoms with Crippen molar-refractivity contribution in [1.82, 2.24) is 5.32 Å². The summed E-state index contributed by atoms with van der Waals surface area (Å²) in [6.07, 6.45) is -0.791. The highest BCUT2D eigenvalue weighted by atomic mass is 35.5. The number of aliphatic hydroxyl groups is 1. The molecular weight excluding hydrogens is 226 g/mol. The quantitative estimate of drug-likeness (QED) is 0.833. The Balaban J connectivity index is 2.75. The Kier molecular flexibility index (Phi) is 5.06. The fourth-order valence-electron chi connectivity index (χ4n) is 1.25. The highest BCUT2D eigenvalue weighted by Gasteiger charge is 2.12. The number of rotatable bonds is 5. The Morgan fingerprint density at radius 1 is 1.44 bits per heavy atom. The van der Waals surface area contributed by atoms with E-state index in [0.717, 1.165) is 12.1 Å². The van der Waals surface area contributed by atoms with Crippen molar-refractivity contribution in [2.45, 2.75) is 32.6 Å². The van der Waals surface area contributed by atoms with Gasteiger partial charge in [-0.2, -0.15) is 0 Å². The van der Waals surface area contributed by atoms with E-state index in [1.807, 2.05) is 32.2 Å². The van der Waals surface area contributed by atoms with E-state index in [4.69, 9.17) is 16.3 Å². The molecule has 0 aliphatic rings. The first kappa shape index (κ1) is 13.3. The zero-order valence-corrected chi connectivity index (χ0v) is 10.6. The molecule has 0 fully saturated rings. The lowest BCUT2D eigenvalue weighted by atomic mass is 10.2. The first-order chi connectivity index (χ1) is 7.54. The standard InChI is InChI=1S/C12H18ClNO2/c1-8(15)9(2)16-12-5-4-10(7-14-3)6-11(12)13/h4-6,8-9,14-15H,7H2,1-3H3. The van der Waals surface area contributed by atoms with Crippen molar-refractivity contribution in [3.05, 3.63) is 28.8 Å². The van der Waals surface area contributed by atoms with Crippen LogP contribution >= 0.6 is 11.6 Å². The topological polar surface area (TPSA) is 41.5 Å². The Morgan fingerprint density at radius 2 is 2.12 bits per heavy atom. The van der Waals surface area contributed by atoms with E-state index < -0.39 is 6.10 Å². The average Bonchev–Trinajstić information content (AvgIpc) is 2.22. The highest BCUT2D eigenvalue weighted by molar-refractivity contribution is 6.32. The summed E-state index contributed by atoms with van der Waals surface area (Å²) in [5, 5.41) is 13.0. The van der Waals surface area contributed by atoms with E-state index in [-0.39, 0.29) is 6.10 Å². The maximum atomic E-state index is 9.33. The van der Waals surface area contributed by atoms with Crippen molar-refractivity contribution in [3.8, 4) is 5.75 Å². The minimum absolute atomic E-state index is 0.271. The van der Waals surface area contributed by atoms with E-state index in [0.29, 0.717) is 10.8 Å². The molecule has 0 aliphatic heterocycles. The molecule has 2 unspecified atom stereocenters. The minimum Gasteiger partial charge on any atom is -0.486 e. The Morgan fingerprint density at radius 3 is 2.62 bits per heavy atom. The molecule has 0 heterocycles. The van der Waals surface area contributed by atoms with Crippen LogP contribution in [-0.2, 0) is 6.54 Å². The van der Waals surface area contributed by atoms with Crippen LogP contribution in [0.3, 0.4) is 0 Å². The van der Waals surface area contributed by atoms with Gasteiger partial charge >= 0.3 is 0 Å². The van der Waals surface area contributed by atoms with E-state index in [1.165, 1.54) is 0 Å². The highest BCUT2D eigenvalue weighted by Crippen LogP contribution is 2.26. The second-order valence-corrected chi connectivity index (χ2v) is 4.27. The van der Waals surface area contributed by atoms with Crippen LogP contribution in [0.1, 0.15) is 19.4 Å². The average molecular weight is 244 g/mol. The monoisotopic (exact) mass is 243 g/mol. The predicted octanol–water partition coefficient (Wildman–Crippen LogP) is 2.21. The van der Waals surface area contributed by atoms with Gasteiger partial charge in [0.25, 0.3) is 0 Å². The van der Waals surface area contributed by atoms with Gasteiger partial charge in [-0.1, -0.05) is 17.7 Å². The lowest BCUT2D eigenvalue weighted by Gasteiger charge is -2.18. The molecular formula is C12H18ClNO2. The van der Waals surface area contributed by atoms with Crippen molar-refractivity contribution in [3.63, 3.8) is 0 Å². The van der Waals surface area contributed by atoms with Gasteiger partial charge in [0.05, 0.1) is 11.1 Å². The minimum atomic E-state index is -0.520. The van der Waals surface area contributed by atoms with Crippen LogP contribution in [0.4, 0.5) is 0 Å². The van der Waals surface area contributed by atoms with Crippen LogP contribution < -0.4 is 10.1 Å². The second-order valence-electron chi connectivity index (χ2n) is 3.86. The van der Waals surface area contributed by atoms with Gasteiger partial charge < -0.3 is 15.2 Å². The zero-order chi connectivity index (χ0) is 12.1. The number of hydrogen-bond acceptors (Lipinski definition) is 3. The third-order valence-corrected chi connectivity index (χ3v) is 2.66. The number of ether oxygens (including phenoxy) is 1. The number of halogens is 1. The molecule has 90 valence electrons. The summed E-state index contributed by atoms with van der Waals surface area (Å²) in [6, 6.07) is 5.64. The molecule has 0 bridgehead atoms. The van der Waals surface area contributed by atoms with Gasteiger partial charge in [0.15, 0.2) is 0 Å².